The minimum absolute atomic E-state index is 0.00424. The monoisotopic (exact) mass is 345 g/mol. The van der Waals surface area contributed by atoms with Gasteiger partial charge in [-0.1, -0.05) is 24.3 Å². The van der Waals surface area contributed by atoms with Gasteiger partial charge in [-0.25, -0.2) is 4.79 Å². The smallest absolute Gasteiger partial charge is 0.322 e. The molecular weight excluding hydrogens is 322 g/mol. The number of nitrogens with one attached hydrogen (secondary N) is 2. The van der Waals surface area contributed by atoms with Gasteiger partial charge in [0.25, 0.3) is 0 Å². The summed E-state index contributed by atoms with van der Waals surface area (Å²) in [5.74, 6) is -0.188. The molecule has 0 radical (unpaired) electrons. The largest absolute Gasteiger partial charge is 0.350 e. The second kappa shape index (κ2) is 7.49. The zero-order chi connectivity index (χ0) is 17.7. The molecule has 5 nitrogen and oxygen atoms in total. The molecule has 0 atom stereocenters. The van der Waals surface area contributed by atoms with Crippen molar-refractivity contribution in [2.75, 3.05) is 18.9 Å². The van der Waals surface area contributed by atoms with Gasteiger partial charge >= 0.3 is 6.03 Å². The number of hydrogen-bond acceptors (Lipinski definition) is 3. The average molecular weight is 345 g/mol. The lowest BCUT2D eigenvalue weighted by atomic mass is 10.1. The number of thiophene rings is 1. The fourth-order valence-corrected chi connectivity index (χ4v) is 2.96. The first-order chi connectivity index (χ1) is 11.3. The normalized spacial score (nSPS) is 11.0. The van der Waals surface area contributed by atoms with Gasteiger partial charge in [0.2, 0.25) is 5.91 Å². The van der Waals surface area contributed by atoms with Gasteiger partial charge in [0.05, 0.1) is 5.69 Å². The summed E-state index contributed by atoms with van der Waals surface area (Å²) in [7, 11) is 1.60. The van der Waals surface area contributed by atoms with Crippen molar-refractivity contribution in [3.8, 4) is 10.4 Å². The summed E-state index contributed by atoms with van der Waals surface area (Å²) in [6.45, 7) is 5.72. The number of para-hydroxylation sites is 1. The molecule has 0 fully saturated rings. The van der Waals surface area contributed by atoms with Crippen molar-refractivity contribution in [2.24, 2.45) is 0 Å². The second-order valence-corrected chi connectivity index (χ2v) is 7.55. The van der Waals surface area contributed by atoms with E-state index >= 15 is 0 Å². The number of hydrogen-bond donors (Lipinski definition) is 2. The van der Waals surface area contributed by atoms with E-state index in [-0.39, 0.29) is 24.0 Å². The molecule has 0 aliphatic carbocycles. The molecule has 2 N–H and O–H groups in total. The standard InChI is InChI=1S/C18H23N3O2S/c1-18(2,3)20-16(22)12-21(4)17(23)19-14-9-6-5-8-13(14)15-10-7-11-24-15/h5-11H,12H2,1-4H3,(H,19,23)(H,20,22). The lowest BCUT2D eigenvalue weighted by molar-refractivity contribution is -0.122. The zero-order valence-corrected chi connectivity index (χ0v) is 15.2. The minimum atomic E-state index is -0.319. The predicted octanol–water partition coefficient (Wildman–Crippen LogP) is 3.79. The highest BCUT2D eigenvalue weighted by atomic mass is 32.1. The number of carbonyl (C=O) groups is 2. The quantitative estimate of drug-likeness (QED) is 0.885. The van der Waals surface area contributed by atoms with Crippen molar-refractivity contribution in [1.29, 1.82) is 0 Å². The molecule has 0 aliphatic heterocycles. The van der Waals surface area contributed by atoms with Crippen LogP contribution in [-0.2, 0) is 4.79 Å². The van der Waals surface area contributed by atoms with Gasteiger partial charge in [0, 0.05) is 23.0 Å². The van der Waals surface area contributed by atoms with Crippen LogP contribution in [-0.4, -0.2) is 36.0 Å². The van der Waals surface area contributed by atoms with Crippen molar-refractivity contribution in [3.05, 3.63) is 41.8 Å². The Hall–Kier alpha value is -2.34. The van der Waals surface area contributed by atoms with Crippen LogP contribution in [0.25, 0.3) is 10.4 Å². The second-order valence-electron chi connectivity index (χ2n) is 6.61. The maximum Gasteiger partial charge on any atom is 0.322 e. The molecule has 2 aromatic rings. The summed E-state index contributed by atoms with van der Waals surface area (Å²) in [5.41, 5.74) is 1.38. The van der Waals surface area contributed by atoms with E-state index in [1.54, 1.807) is 18.4 Å². The number of urea groups is 1. The highest BCUT2D eigenvalue weighted by molar-refractivity contribution is 7.13. The number of rotatable bonds is 4. The van der Waals surface area contributed by atoms with Crippen LogP contribution in [0.4, 0.5) is 10.5 Å². The molecule has 0 unspecified atom stereocenters. The summed E-state index contributed by atoms with van der Waals surface area (Å²) >= 11 is 1.61. The number of benzene rings is 1. The van der Waals surface area contributed by atoms with Gasteiger partial charge < -0.3 is 15.5 Å². The SMILES string of the molecule is CN(CC(=O)NC(C)(C)C)C(=O)Nc1ccccc1-c1cccs1. The first kappa shape index (κ1) is 18.0. The molecule has 0 spiro atoms. The lowest BCUT2D eigenvalue weighted by Gasteiger charge is -2.23. The molecule has 128 valence electrons. The van der Waals surface area contributed by atoms with Gasteiger partial charge in [0.1, 0.15) is 6.54 Å². The van der Waals surface area contributed by atoms with E-state index in [1.165, 1.54) is 4.90 Å². The van der Waals surface area contributed by atoms with E-state index < -0.39 is 0 Å². The number of anilines is 1. The molecule has 1 aromatic heterocycles. The molecule has 0 saturated carbocycles. The summed E-state index contributed by atoms with van der Waals surface area (Å²) in [5, 5.41) is 7.72. The molecule has 24 heavy (non-hydrogen) atoms. The van der Waals surface area contributed by atoms with E-state index in [2.05, 4.69) is 10.6 Å². The molecule has 6 heteroatoms. The Morgan fingerprint density at radius 1 is 1.12 bits per heavy atom. The molecule has 0 bridgehead atoms. The molecule has 2 rings (SSSR count). The Morgan fingerprint density at radius 2 is 1.83 bits per heavy atom. The van der Waals surface area contributed by atoms with Crippen molar-refractivity contribution in [1.82, 2.24) is 10.2 Å². The van der Waals surface area contributed by atoms with Crippen LogP contribution in [0.3, 0.4) is 0 Å². The van der Waals surface area contributed by atoms with Crippen LogP contribution >= 0.6 is 11.3 Å². The van der Waals surface area contributed by atoms with E-state index in [0.717, 1.165) is 16.1 Å². The van der Waals surface area contributed by atoms with Crippen molar-refractivity contribution in [2.45, 2.75) is 26.3 Å². The number of likely N-dealkylation sites (N-methyl/N-ethyl adjacent to an activating group) is 1. The number of nitrogens with zero attached hydrogens (tertiary/aromatic N) is 1. The van der Waals surface area contributed by atoms with Crippen LogP contribution in [0.1, 0.15) is 20.8 Å². The van der Waals surface area contributed by atoms with Crippen molar-refractivity contribution < 1.29 is 9.59 Å². The number of carbonyl (C=O) groups excluding carboxylic acids is 2. The topological polar surface area (TPSA) is 61.4 Å². The third-order valence-corrected chi connectivity index (χ3v) is 4.10. The van der Waals surface area contributed by atoms with Gasteiger partial charge in [0.15, 0.2) is 0 Å². The Morgan fingerprint density at radius 3 is 2.46 bits per heavy atom. The molecular formula is C18H23N3O2S. The van der Waals surface area contributed by atoms with Gasteiger partial charge in [-0.05, 0) is 38.3 Å². The van der Waals surface area contributed by atoms with Crippen LogP contribution in [0.2, 0.25) is 0 Å². The summed E-state index contributed by atoms with van der Waals surface area (Å²) < 4.78 is 0. The number of amides is 3. The minimum Gasteiger partial charge on any atom is -0.350 e. The van der Waals surface area contributed by atoms with Crippen LogP contribution in [0.15, 0.2) is 41.8 Å². The van der Waals surface area contributed by atoms with E-state index in [1.807, 2.05) is 62.5 Å². The highest BCUT2D eigenvalue weighted by Crippen LogP contribution is 2.31. The molecule has 0 saturated heterocycles. The molecule has 0 aliphatic rings. The van der Waals surface area contributed by atoms with Crippen LogP contribution in [0.5, 0.6) is 0 Å². The van der Waals surface area contributed by atoms with Crippen LogP contribution in [0, 0.1) is 0 Å². The van der Waals surface area contributed by atoms with E-state index in [4.69, 9.17) is 0 Å². The highest BCUT2D eigenvalue weighted by Gasteiger charge is 2.18. The lowest BCUT2D eigenvalue weighted by Crippen LogP contribution is -2.47. The first-order valence-electron chi connectivity index (χ1n) is 7.72. The summed E-state index contributed by atoms with van der Waals surface area (Å²) in [6, 6.07) is 11.3. The summed E-state index contributed by atoms with van der Waals surface area (Å²) in [4.78, 5) is 26.8. The van der Waals surface area contributed by atoms with Gasteiger partial charge in [-0.3, -0.25) is 4.79 Å². The first-order valence-corrected chi connectivity index (χ1v) is 8.60. The molecule has 1 aromatic carbocycles. The van der Waals surface area contributed by atoms with Crippen LogP contribution < -0.4 is 10.6 Å². The predicted molar refractivity (Wildman–Crippen MR) is 99.3 cm³/mol. The van der Waals surface area contributed by atoms with Gasteiger partial charge in [-0.15, -0.1) is 11.3 Å². The average Bonchev–Trinajstić information content (AvgIpc) is 2.99. The van der Waals surface area contributed by atoms with E-state index in [0.29, 0.717) is 0 Å². The van der Waals surface area contributed by atoms with Gasteiger partial charge in [-0.2, -0.15) is 0 Å². The Balaban J connectivity index is 2.04. The van der Waals surface area contributed by atoms with E-state index in [9.17, 15) is 9.59 Å². The molecule has 1 heterocycles. The Bertz CT molecular complexity index is 705. The molecule has 3 amide bonds. The third kappa shape index (κ3) is 5.09. The maximum absolute atomic E-state index is 12.4. The Kier molecular flexibility index (Phi) is 5.62. The third-order valence-electron chi connectivity index (χ3n) is 3.20. The fourth-order valence-electron chi connectivity index (χ4n) is 2.19. The van der Waals surface area contributed by atoms with Crippen molar-refractivity contribution in [3.63, 3.8) is 0 Å². The fraction of sp³-hybridized carbons (Fsp3) is 0.333. The van der Waals surface area contributed by atoms with Crippen molar-refractivity contribution >= 4 is 29.0 Å². The zero-order valence-electron chi connectivity index (χ0n) is 14.4. The summed E-state index contributed by atoms with van der Waals surface area (Å²) in [6.07, 6.45) is 0. The Labute approximate surface area is 146 Å². The maximum atomic E-state index is 12.4.